The van der Waals surface area contributed by atoms with Crippen LogP contribution in [-0.2, 0) is 0 Å². The predicted molar refractivity (Wildman–Crippen MR) is 157 cm³/mol. The van der Waals surface area contributed by atoms with E-state index in [9.17, 15) is 13.9 Å². The molecule has 0 radical (unpaired) electrons. The average molecular weight is 623 g/mol. The molecule has 4 fully saturated rings. The maximum Gasteiger partial charge on any atom is 0.319 e. The number of fused-ring (bicyclic) bond motifs is 7. The van der Waals surface area contributed by atoms with Crippen molar-refractivity contribution in [3.05, 3.63) is 41.7 Å². The van der Waals surface area contributed by atoms with Crippen molar-refractivity contribution < 1.29 is 32.1 Å². The standard InChI is InChI=1S/C32H30F4N6O3/c33-16-10-32(6-1-7-41(32)11-16)14-45-31-39-28-24-29(40-31)42-12-17-3-5-21(37-17)22(42)13-44-30(24)38-27(26(28)36)19-9-18(43)8-15-2-4-20(34)25(35)23(15)19/h2,4,8-9,16-17,21-22,37,43H,1,3,5-7,10-14H2/t16-,17+,21-,22-,32+/m0/s1. The van der Waals surface area contributed by atoms with Crippen LogP contribution >= 0.6 is 0 Å². The topological polar surface area (TPSA) is 95.9 Å². The lowest BCUT2D eigenvalue weighted by atomic mass is 9.95. The Balaban J connectivity index is 1.24. The minimum Gasteiger partial charge on any atom is -0.508 e. The molecule has 5 aliphatic heterocycles. The minimum absolute atomic E-state index is 0.0538. The van der Waals surface area contributed by atoms with Gasteiger partial charge in [-0.15, -0.1) is 0 Å². The van der Waals surface area contributed by atoms with Crippen LogP contribution in [0.1, 0.15) is 32.1 Å². The van der Waals surface area contributed by atoms with Crippen LogP contribution in [0.3, 0.4) is 0 Å². The monoisotopic (exact) mass is 622 g/mol. The zero-order valence-electron chi connectivity index (χ0n) is 24.2. The van der Waals surface area contributed by atoms with Crippen molar-refractivity contribution in [2.75, 3.05) is 37.7 Å². The molecule has 4 saturated heterocycles. The third kappa shape index (κ3) is 4.09. The Morgan fingerprint density at radius 1 is 1.07 bits per heavy atom. The number of hydrogen-bond donors (Lipinski definition) is 2. The van der Waals surface area contributed by atoms with Gasteiger partial charge in [0.2, 0.25) is 5.88 Å². The van der Waals surface area contributed by atoms with Crippen molar-refractivity contribution in [3.8, 4) is 28.9 Å². The van der Waals surface area contributed by atoms with E-state index < -0.39 is 29.2 Å². The molecule has 2 aromatic carbocycles. The number of piperazine rings is 1. The number of nitrogens with one attached hydrogen (secondary N) is 1. The maximum atomic E-state index is 16.8. The van der Waals surface area contributed by atoms with Crippen LogP contribution in [0.5, 0.6) is 17.6 Å². The third-order valence-electron chi connectivity index (χ3n) is 10.4. The van der Waals surface area contributed by atoms with E-state index >= 15 is 8.78 Å². The number of aromatic nitrogens is 3. The molecule has 7 heterocycles. The van der Waals surface area contributed by atoms with Gasteiger partial charge in [0.15, 0.2) is 17.5 Å². The van der Waals surface area contributed by atoms with E-state index in [2.05, 4.69) is 25.1 Å². The summed E-state index contributed by atoms with van der Waals surface area (Å²) in [5.41, 5.74) is -1.12. The Kier molecular flexibility index (Phi) is 5.93. The first-order chi connectivity index (χ1) is 21.8. The largest absolute Gasteiger partial charge is 0.508 e. The molecule has 234 valence electrons. The third-order valence-corrected chi connectivity index (χ3v) is 10.4. The summed E-state index contributed by atoms with van der Waals surface area (Å²) in [4.78, 5) is 18.1. The number of ether oxygens (including phenoxy) is 2. The molecule has 2 N–H and O–H groups in total. The molecule has 0 amide bonds. The van der Waals surface area contributed by atoms with Gasteiger partial charge in [0, 0.05) is 42.5 Å². The fourth-order valence-electron chi connectivity index (χ4n) is 8.38. The van der Waals surface area contributed by atoms with Crippen LogP contribution in [-0.4, -0.2) is 87.6 Å². The minimum atomic E-state index is -1.19. The summed E-state index contributed by atoms with van der Waals surface area (Å²) >= 11 is 0. The van der Waals surface area contributed by atoms with E-state index in [0.717, 1.165) is 44.4 Å². The van der Waals surface area contributed by atoms with E-state index in [1.807, 2.05) is 0 Å². The zero-order chi connectivity index (χ0) is 30.6. The van der Waals surface area contributed by atoms with E-state index in [1.165, 1.54) is 12.1 Å². The number of nitrogens with zero attached hydrogens (tertiary/aromatic N) is 5. The molecule has 13 heteroatoms. The molecule has 4 aromatic rings. The molecule has 0 aliphatic carbocycles. The number of pyridine rings is 1. The lowest BCUT2D eigenvalue weighted by molar-refractivity contribution is 0.107. The number of phenolic OH excluding ortho intramolecular Hbond substituents is 1. The Morgan fingerprint density at radius 2 is 1.96 bits per heavy atom. The van der Waals surface area contributed by atoms with Crippen LogP contribution in [0.4, 0.5) is 23.4 Å². The SMILES string of the molecule is Oc1cc(-c2nc3c4c(nc(OC[C@]56CCCN5C[C@@H](F)C6)nc4c2F)N2C[C@H]4CC[C@H](N4)[C@@H]2CO3)c2c(F)c(F)ccc2c1. The first-order valence-corrected chi connectivity index (χ1v) is 15.5. The van der Waals surface area contributed by atoms with E-state index in [1.54, 1.807) is 0 Å². The molecule has 5 aliphatic rings. The zero-order valence-corrected chi connectivity index (χ0v) is 24.2. The van der Waals surface area contributed by atoms with Crippen molar-refractivity contribution in [2.24, 2.45) is 0 Å². The second-order valence-corrected chi connectivity index (χ2v) is 13.0. The summed E-state index contributed by atoms with van der Waals surface area (Å²) in [5, 5.41) is 14.3. The maximum absolute atomic E-state index is 16.8. The van der Waals surface area contributed by atoms with Crippen LogP contribution in [0, 0.1) is 17.5 Å². The Bertz CT molecular complexity index is 1900. The summed E-state index contributed by atoms with van der Waals surface area (Å²) in [6.07, 6.45) is 3.06. The molecular weight excluding hydrogens is 592 g/mol. The highest BCUT2D eigenvalue weighted by atomic mass is 19.2. The van der Waals surface area contributed by atoms with Gasteiger partial charge in [0.25, 0.3) is 0 Å². The molecule has 9 nitrogen and oxygen atoms in total. The molecule has 5 atom stereocenters. The van der Waals surface area contributed by atoms with Gasteiger partial charge in [-0.25, -0.2) is 22.5 Å². The fourth-order valence-corrected chi connectivity index (χ4v) is 8.38. The van der Waals surface area contributed by atoms with Crippen LogP contribution in [0.25, 0.3) is 32.9 Å². The lowest BCUT2D eigenvalue weighted by Gasteiger charge is -2.40. The second kappa shape index (κ2) is 9.76. The van der Waals surface area contributed by atoms with Gasteiger partial charge in [-0.3, -0.25) is 4.90 Å². The number of aromatic hydroxyl groups is 1. The van der Waals surface area contributed by atoms with Crippen molar-refractivity contribution in [1.82, 2.24) is 25.2 Å². The number of anilines is 1. The van der Waals surface area contributed by atoms with Crippen molar-refractivity contribution >= 4 is 27.5 Å². The van der Waals surface area contributed by atoms with Crippen molar-refractivity contribution in [3.63, 3.8) is 0 Å². The van der Waals surface area contributed by atoms with Gasteiger partial charge in [-0.05, 0) is 55.8 Å². The Labute approximate surface area is 255 Å². The van der Waals surface area contributed by atoms with Crippen molar-refractivity contribution in [2.45, 2.75) is 61.9 Å². The molecule has 9 rings (SSSR count). The lowest BCUT2D eigenvalue weighted by Crippen LogP contribution is -2.60. The number of phenols is 1. The van der Waals surface area contributed by atoms with Gasteiger partial charge in [0.05, 0.1) is 11.6 Å². The molecule has 2 aromatic heterocycles. The van der Waals surface area contributed by atoms with Gasteiger partial charge in [-0.1, -0.05) is 6.07 Å². The molecule has 45 heavy (non-hydrogen) atoms. The van der Waals surface area contributed by atoms with E-state index in [-0.39, 0.29) is 81.9 Å². The number of alkyl halides is 1. The van der Waals surface area contributed by atoms with Crippen LogP contribution in [0.15, 0.2) is 24.3 Å². The number of rotatable bonds is 4. The second-order valence-electron chi connectivity index (χ2n) is 13.0. The van der Waals surface area contributed by atoms with E-state index in [4.69, 9.17) is 14.5 Å². The summed E-state index contributed by atoms with van der Waals surface area (Å²) in [6.45, 7) is 2.14. The number of halogens is 4. The Morgan fingerprint density at radius 3 is 2.84 bits per heavy atom. The van der Waals surface area contributed by atoms with Crippen LogP contribution < -0.4 is 19.7 Å². The van der Waals surface area contributed by atoms with Gasteiger partial charge < -0.3 is 24.8 Å². The fraction of sp³-hybridized carbons (Fsp3) is 0.469. The molecule has 0 unspecified atom stereocenters. The summed E-state index contributed by atoms with van der Waals surface area (Å²) < 4.78 is 73.5. The first-order valence-electron chi connectivity index (χ1n) is 15.5. The molecular formula is C32H30F4N6O3. The van der Waals surface area contributed by atoms with Gasteiger partial charge in [-0.2, -0.15) is 9.97 Å². The normalized spacial score (nSPS) is 28.8. The Hall–Kier alpha value is -3.97. The van der Waals surface area contributed by atoms with Crippen LogP contribution in [0.2, 0.25) is 0 Å². The molecule has 0 spiro atoms. The highest BCUT2D eigenvalue weighted by Gasteiger charge is 2.50. The summed E-state index contributed by atoms with van der Waals surface area (Å²) in [5.74, 6) is -3.01. The highest BCUT2D eigenvalue weighted by molar-refractivity contribution is 6.02. The van der Waals surface area contributed by atoms with Gasteiger partial charge >= 0.3 is 6.01 Å². The number of hydrogen-bond acceptors (Lipinski definition) is 9. The van der Waals surface area contributed by atoms with Crippen molar-refractivity contribution in [1.29, 1.82) is 0 Å². The first kappa shape index (κ1) is 27.3. The summed E-state index contributed by atoms with van der Waals surface area (Å²) in [7, 11) is 0. The predicted octanol–water partition coefficient (Wildman–Crippen LogP) is 4.62. The highest BCUT2D eigenvalue weighted by Crippen LogP contribution is 2.45. The summed E-state index contributed by atoms with van der Waals surface area (Å²) in [6, 6.07) is 4.83. The average Bonchev–Trinajstić information content (AvgIpc) is 3.65. The molecule has 0 saturated carbocycles. The van der Waals surface area contributed by atoms with Gasteiger partial charge in [0.1, 0.15) is 47.5 Å². The smallest absolute Gasteiger partial charge is 0.319 e. The van der Waals surface area contributed by atoms with E-state index in [0.29, 0.717) is 25.3 Å². The quantitative estimate of drug-likeness (QED) is 0.316. The number of benzene rings is 2. The molecule has 2 bridgehead atoms.